The van der Waals surface area contributed by atoms with Gasteiger partial charge in [0.2, 0.25) is 0 Å². The molecule has 0 saturated heterocycles. The maximum atomic E-state index is 9.50. The number of rotatable bonds is 5. The summed E-state index contributed by atoms with van der Waals surface area (Å²) in [6.07, 6.45) is -0.133. The lowest BCUT2D eigenvalue weighted by Gasteiger charge is -2.20. The smallest absolute Gasteiger partial charge is 0.125 e. The van der Waals surface area contributed by atoms with Gasteiger partial charge >= 0.3 is 0 Å². The summed E-state index contributed by atoms with van der Waals surface area (Å²) in [7, 11) is 1.66. The van der Waals surface area contributed by atoms with E-state index in [1.54, 1.807) is 7.11 Å². The third-order valence-corrected chi connectivity index (χ3v) is 3.02. The van der Waals surface area contributed by atoms with E-state index in [4.69, 9.17) is 9.84 Å². The molecule has 1 aromatic carbocycles. The van der Waals surface area contributed by atoms with Crippen LogP contribution in [0.2, 0.25) is 0 Å². The second kappa shape index (κ2) is 6.03. The number of hydrogen-bond donors (Lipinski definition) is 2. The van der Waals surface area contributed by atoms with Gasteiger partial charge in [0.25, 0.3) is 0 Å². The third kappa shape index (κ3) is 3.45. The van der Waals surface area contributed by atoms with Crippen molar-refractivity contribution in [2.75, 3.05) is 13.7 Å². The van der Waals surface area contributed by atoms with Crippen molar-refractivity contribution < 1.29 is 14.9 Å². The molecule has 0 aliphatic heterocycles. The van der Waals surface area contributed by atoms with Crippen LogP contribution in [0.4, 0.5) is 0 Å². The summed E-state index contributed by atoms with van der Waals surface area (Å²) in [5.74, 6) is 1.04. The van der Waals surface area contributed by atoms with E-state index < -0.39 is 6.10 Å². The van der Waals surface area contributed by atoms with Crippen LogP contribution in [-0.2, 0) is 0 Å². The summed E-state index contributed by atoms with van der Waals surface area (Å²) in [6, 6.07) is 4.16. The first-order chi connectivity index (χ1) is 7.99. The Morgan fingerprint density at radius 1 is 1.29 bits per heavy atom. The van der Waals surface area contributed by atoms with Crippen molar-refractivity contribution in [3.05, 3.63) is 28.8 Å². The Kier molecular flexibility index (Phi) is 4.97. The van der Waals surface area contributed by atoms with Crippen molar-refractivity contribution in [2.24, 2.45) is 0 Å². The highest BCUT2D eigenvalue weighted by Crippen LogP contribution is 2.33. The fraction of sp³-hybridized carbons (Fsp3) is 0.571. The number of aryl methyl sites for hydroxylation is 2. The van der Waals surface area contributed by atoms with Gasteiger partial charge < -0.3 is 14.9 Å². The Morgan fingerprint density at radius 3 is 2.47 bits per heavy atom. The minimum Gasteiger partial charge on any atom is -0.496 e. The van der Waals surface area contributed by atoms with Gasteiger partial charge in [-0.05, 0) is 37.3 Å². The van der Waals surface area contributed by atoms with E-state index in [1.165, 1.54) is 5.56 Å². The first kappa shape index (κ1) is 14.0. The van der Waals surface area contributed by atoms with Crippen LogP contribution in [0.25, 0.3) is 0 Å². The first-order valence-corrected chi connectivity index (χ1v) is 5.93. The van der Waals surface area contributed by atoms with Gasteiger partial charge in [0.1, 0.15) is 5.75 Å². The molecule has 1 aromatic rings. The van der Waals surface area contributed by atoms with E-state index >= 15 is 0 Å². The summed E-state index contributed by atoms with van der Waals surface area (Å²) in [4.78, 5) is 0. The summed E-state index contributed by atoms with van der Waals surface area (Å²) < 4.78 is 5.42. The number of ether oxygens (including phenoxy) is 1. The predicted octanol–water partition coefficient (Wildman–Crippen LogP) is 2.16. The highest BCUT2D eigenvalue weighted by molar-refractivity contribution is 5.45. The molecule has 3 nitrogen and oxygen atoms in total. The number of aliphatic hydroxyl groups excluding tert-OH is 2. The average molecular weight is 238 g/mol. The van der Waals surface area contributed by atoms with E-state index in [0.717, 1.165) is 16.9 Å². The molecular formula is C14H22O3. The SMILES string of the molecule is COc1c(C)cc(C)cc1C(C)CC(O)CO. The van der Waals surface area contributed by atoms with Crippen molar-refractivity contribution >= 4 is 0 Å². The zero-order chi connectivity index (χ0) is 13.0. The van der Waals surface area contributed by atoms with Crippen LogP contribution in [0.3, 0.4) is 0 Å². The molecule has 1 rings (SSSR count). The van der Waals surface area contributed by atoms with Crippen LogP contribution in [0, 0.1) is 13.8 Å². The Morgan fingerprint density at radius 2 is 1.94 bits per heavy atom. The van der Waals surface area contributed by atoms with Gasteiger partial charge in [-0.15, -0.1) is 0 Å². The van der Waals surface area contributed by atoms with Crippen LogP contribution >= 0.6 is 0 Å². The zero-order valence-electron chi connectivity index (χ0n) is 11.0. The van der Waals surface area contributed by atoms with E-state index in [2.05, 4.69) is 12.1 Å². The van der Waals surface area contributed by atoms with Gasteiger partial charge in [0, 0.05) is 0 Å². The van der Waals surface area contributed by atoms with Gasteiger partial charge in [0.15, 0.2) is 0 Å². The second-order valence-electron chi connectivity index (χ2n) is 4.68. The van der Waals surface area contributed by atoms with Crippen molar-refractivity contribution in [1.82, 2.24) is 0 Å². The van der Waals surface area contributed by atoms with Gasteiger partial charge in [0.05, 0.1) is 19.8 Å². The Balaban J connectivity index is 3.02. The van der Waals surface area contributed by atoms with Crippen LogP contribution in [0.5, 0.6) is 5.75 Å². The summed E-state index contributed by atoms with van der Waals surface area (Å²) in [5, 5.41) is 18.4. The molecule has 0 aromatic heterocycles. The molecule has 0 aliphatic carbocycles. The van der Waals surface area contributed by atoms with Crippen molar-refractivity contribution in [1.29, 1.82) is 0 Å². The van der Waals surface area contributed by atoms with Crippen molar-refractivity contribution in [2.45, 2.75) is 39.2 Å². The van der Waals surface area contributed by atoms with Gasteiger partial charge in [-0.25, -0.2) is 0 Å². The van der Waals surface area contributed by atoms with E-state index in [1.807, 2.05) is 20.8 Å². The van der Waals surface area contributed by atoms with E-state index in [9.17, 15) is 5.11 Å². The quantitative estimate of drug-likeness (QED) is 0.826. The number of methoxy groups -OCH3 is 1. The maximum Gasteiger partial charge on any atom is 0.125 e. The molecular weight excluding hydrogens is 216 g/mol. The largest absolute Gasteiger partial charge is 0.496 e. The van der Waals surface area contributed by atoms with Gasteiger partial charge in [-0.3, -0.25) is 0 Å². The highest BCUT2D eigenvalue weighted by Gasteiger charge is 2.17. The predicted molar refractivity (Wildman–Crippen MR) is 68.6 cm³/mol. The molecule has 0 fully saturated rings. The average Bonchev–Trinajstić information content (AvgIpc) is 2.27. The topological polar surface area (TPSA) is 49.7 Å². The molecule has 2 atom stereocenters. The normalized spacial score (nSPS) is 14.5. The molecule has 2 unspecified atom stereocenters. The monoisotopic (exact) mass is 238 g/mol. The standard InChI is InChI=1S/C14H22O3/c1-9-5-11(3)14(17-4)13(6-9)10(2)7-12(16)8-15/h5-6,10,12,15-16H,7-8H2,1-4H3. The molecule has 17 heavy (non-hydrogen) atoms. The van der Waals surface area contributed by atoms with Crippen LogP contribution in [-0.4, -0.2) is 30.0 Å². The summed E-state index contributed by atoms with van der Waals surface area (Å²) >= 11 is 0. The number of aliphatic hydroxyl groups is 2. The molecule has 0 aliphatic rings. The zero-order valence-corrected chi connectivity index (χ0v) is 11.0. The minimum atomic E-state index is -0.671. The van der Waals surface area contributed by atoms with Gasteiger partial charge in [-0.1, -0.05) is 24.6 Å². The van der Waals surface area contributed by atoms with E-state index in [0.29, 0.717) is 6.42 Å². The first-order valence-electron chi connectivity index (χ1n) is 5.93. The lowest BCUT2D eigenvalue weighted by molar-refractivity contribution is 0.0833. The highest BCUT2D eigenvalue weighted by atomic mass is 16.5. The Hall–Kier alpha value is -1.06. The third-order valence-electron chi connectivity index (χ3n) is 3.02. The van der Waals surface area contributed by atoms with Crippen molar-refractivity contribution in [3.8, 4) is 5.75 Å². The van der Waals surface area contributed by atoms with Gasteiger partial charge in [-0.2, -0.15) is 0 Å². The lowest BCUT2D eigenvalue weighted by Crippen LogP contribution is -2.15. The fourth-order valence-corrected chi connectivity index (χ4v) is 2.24. The van der Waals surface area contributed by atoms with Crippen LogP contribution < -0.4 is 4.74 Å². The van der Waals surface area contributed by atoms with E-state index in [-0.39, 0.29) is 12.5 Å². The molecule has 0 spiro atoms. The Labute approximate surface area is 103 Å². The molecule has 3 heteroatoms. The fourth-order valence-electron chi connectivity index (χ4n) is 2.24. The Bertz CT molecular complexity index is 374. The summed E-state index contributed by atoms with van der Waals surface area (Å²) in [6.45, 7) is 5.91. The molecule has 2 N–H and O–H groups in total. The molecule has 0 heterocycles. The van der Waals surface area contributed by atoms with Crippen LogP contribution in [0.1, 0.15) is 36.0 Å². The molecule has 0 bridgehead atoms. The number of hydrogen-bond acceptors (Lipinski definition) is 3. The molecule has 0 amide bonds. The second-order valence-corrected chi connectivity index (χ2v) is 4.68. The minimum absolute atomic E-state index is 0.158. The lowest BCUT2D eigenvalue weighted by atomic mass is 9.91. The molecule has 0 saturated carbocycles. The maximum absolute atomic E-state index is 9.50. The number of benzene rings is 1. The molecule has 0 radical (unpaired) electrons. The van der Waals surface area contributed by atoms with Crippen LogP contribution in [0.15, 0.2) is 12.1 Å². The molecule has 96 valence electrons. The van der Waals surface area contributed by atoms with Crippen molar-refractivity contribution in [3.63, 3.8) is 0 Å². The summed E-state index contributed by atoms with van der Waals surface area (Å²) in [5.41, 5.74) is 3.38.